The van der Waals surface area contributed by atoms with Gasteiger partial charge in [0.1, 0.15) is 0 Å². The van der Waals surface area contributed by atoms with Gasteiger partial charge in [0.05, 0.1) is 13.2 Å². The zero-order valence-corrected chi connectivity index (χ0v) is 27.7. The third-order valence-electron chi connectivity index (χ3n) is 8.02. The minimum atomic E-state index is -0.479. The second-order valence-electron chi connectivity index (χ2n) is 12.7. The predicted octanol–water partition coefficient (Wildman–Crippen LogP) is 13.3. The maximum atomic E-state index is 11.7. The lowest BCUT2D eigenvalue weighted by Gasteiger charge is -2.07. The van der Waals surface area contributed by atoms with Gasteiger partial charge in [-0.05, 0) is 44.4 Å². The SMILES string of the molecule is CCCCCCCCCCC=CCCCCCCCCOC(=O)OCCCCCCCCCCCCCC(C)C. The number of carbonyl (C=O) groups is 1. The lowest BCUT2D eigenvalue weighted by molar-refractivity contribution is 0.0529. The largest absolute Gasteiger partial charge is 0.508 e. The van der Waals surface area contributed by atoms with Gasteiger partial charge in [-0.1, -0.05) is 174 Å². The van der Waals surface area contributed by atoms with E-state index in [2.05, 4.69) is 32.9 Å². The molecular weight excluding hydrogens is 492 g/mol. The molecule has 0 aliphatic carbocycles. The Bertz CT molecular complexity index is 514. The van der Waals surface area contributed by atoms with Crippen LogP contribution in [0.15, 0.2) is 12.2 Å². The first-order valence-corrected chi connectivity index (χ1v) is 18.1. The van der Waals surface area contributed by atoms with Gasteiger partial charge in [0, 0.05) is 0 Å². The van der Waals surface area contributed by atoms with Crippen molar-refractivity contribution in [1.82, 2.24) is 0 Å². The van der Waals surface area contributed by atoms with Crippen LogP contribution in [0.2, 0.25) is 0 Å². The molecule has 0 saturated carbocycles. The van der Waals surface area contributed by atoms with Crippen LogP contribution in [0.5, 0.6) is 0 Å². The Labute approximate surface area is 252 Å². The number of hydrogen-bond acceptors (Lipinski definition) is 3. The molecule has 0 unspecified atom stereocenters. The highest BCUT2D eigenvalue weighted by Crippen LogP contribution is 2.14. The fraction of sp³-hybridized carbons (Fsp3) is 0.919. The van der Waals surface area contributed by atoms with E-state index < -0.39 is 6.16 Å². The third kappa shape index (κ3) is 35.0. The topological polar surface area (TPSA) is 35.5 Å². The van der Waals surface area contributed by atoms with E-state index in [9.17, 15) is 4.79 Å². The Balaban J connectivity index is 3.19. The Morgan fingerprint density at radius 2 is 0.800 bits per heavy atom. The minimum absolute atomic E-state index is 0.479. The summed E-state index contributed by atoms with van der Waals surface area (Å²) >= 11 is 0. The van der Waals surface area contributed by atoms with E-state index in [0.717, 1.165) is 31.6 Å². The molecule has 0 heterocycles. The molecule has 0 aromatic heterocycles. The van der Waals surface area contributed by atoms with Crippen LogP contribution in [0.1, 0.15) is 201 Å². The zero-order chi connectivity index (χ0) is 29.2. The number of allylic oxidation sites excluding steroid dienone is 2. The fourth-order valence-corrected chi connectivity index (χ4v) is 5.30. The molecule has 0 aliphatic rings. The summed E-state index contributed by atoms with van der Waals surface area (Å²) in [7, 11) is 0. The Hall–Kier alpha value is -0.990. The minimum Gasteiger partial charge on any atom is -0.434 e. The summed E-state index contributed by atoms with van der Waals surface area (Å²) < 4.78 is 10.4. The molecule has 0 amide bonds. The molecule has 0 bridgehead atoms. The second-order valence-corrected chi connectivity index (χ2v) is 12.7. The molecule has 0 radical (unpaired) electrons. The first-order chi connectivity index (χ1) is 19.7. The van der Waals surface area contributed by atoms with Crippen LogP contribution in [0.25, 0.3) is 0 Å². The Morgan fingerprint density at radius 3 is 1.18 bits per heavy atom. The number of ether oxygens (including phenoxy) is 2. The first kappa shape index (κ1) is 39.0. The van der Waals surface area contributed by atoms with Gasteiger partial charge in [-0.15, -0.1) is 0 Å². The molecule has 0 N–H and O–H groups in total. The molecule has 0 aromatic rings. The number of carbonyl (C=O) groups excluding carboxylic acids is 1. The Morgan fingerprint density at radius 1 is 0.475 bits per heavy atom. The first-order valence-electron chi connectivity index (χ1n) is 18.1. The van der Waals surface area contributed by atoms with Crippen LogP contribution < -0.4 is 0 Å². The highest BCUT2D eigenvalue weighted by molar-refractivity contribution is 5.59. The normalized spacial score (nSPS) is 11.6. The van der Waals surface area contributed by atoms with Crippen LogP contribution in [-0.4, -0.2) is 19.4 Å². The van der Waals surface area contributed by atoms with E-state index in [0.29, 0.717) is 13.2 Å². The van der Waals surface area contributed by atoms with Crippen molar-refractivity contribution in [2.24, 2.45) is 5.92 Å². The molecular formula is C37H72O3. The van der Waals surface area contributed by atoms with Gasteiger partial charge in [0.15, 0.2) is 0 Å². The van der Waals surface area contributed by atoms with Crippen molar-refractivity contribution in [3.05, 3.63) is 12.2 Å². The molecule has 3 heteroatoms. The summed E-state index contributed by atoms with van der Waals surface area (Å²) in [5.74, 6) is 0.859. The average molecular weight is 565 g/mol. The average Bonchev–Trinajstić information content (AvgIpc) is 2.94. The van der Waals surface area contributed by atoms with Gasteiger partial charge in [0.2, 0.25) is 0 Å². The third-order valence-corrected chi connectivity index (χ3v) is 8.02. The van der Waals surface area contributed by atoms with Crippen molar-refractivity contribution in [2.75, 3.05) is 13.2 Å². The van der Waals surface area contributed by atoms with Gasteiger partial charge in [-0.25, -0.2) is 4.79 Å². The van der Waals surface area contributed by atoms with Crippen LogP contribution in [0.4, 0.5) is 4.79 Å². The molecule has 3 nitrogen and oxygen atoms in total. The molecule has 40 heavy (non-hydrogen) atoms. The second kappa shape index (κ2) is 34.2. The van der Waals surface area contributed by atoms with Gasteiger partial charge in [0.25, 0.3) is 0 Å². The summed E-state index contributed by atoms with van der Waals surface area (Å²) in [6, 6.07) is 0. The summed E-state index contributed by atoms with van der Waals surface area (Å²) in [6.45, 7) is 7.92. The molecule has 0 aromatic carbocycles. The van der Waals surface area contributed by atoms with Gasteiger partial charge < -0.3 is 9.47 Å². The van der Waals surface area contributed by atoms with Crippen molar-refractivity contribution < 1.29 is 14.3 Å². The number of unbranched alkanes of at least 4 members (excludes halogenated alkanes) is 24. The molecule has 0 aliphatic heterocycles. The summed E-state index contributed by atoms with van der Waals surface area (Å²) in [4.78, 5) is 11.7. The summed E-state index contributed by atoms with van der Waals surface area (Å²) in [5.41, 5.74) is 0. The number of hydrogen-bond donors (Lipinski definition) is 0. The van der Waals surface area contributed by atoms with Crippen molar-refractivity contribution in [3.63, 3.8) is 0 Å². The van der Waals surface area contributed by atoms with Gasteiger partial charge in [-0.3, -0.25) is 0 Å². The fourth-order valence-electron chi connectivity index (χ4n) is 5.30. The highest BCUT2D eigenvalue weighted by Gasteiger charge is 2.03. The van der Waals surface area contributed by atoms with Crippen molar-refractivity contribution >= 4 is 6.16 Å². The summed E-state index contributed by atoms with van der Waals surface area (Å²) in [5, 5.41) is 0. The zero-order valence-electron chi connectivity index (χ0n) is 27.7. The number of rotatable bonds is 32. The van der Waals surface area contributed by atoms with Crippen LogP contribution in [0, 0.1) is 5.92 Å². The quantitative estimate of drug-likeness (QED) is 0.0463. The predicted molar refractivity (Wildman–Crippen MR) is 176 cm³/mol. The molecule has 238 valence electrons. The van der Waals surface area contributed by atoms with Crippen molar-refractivity contribution in [1.29, 1.82) is 0 Å². The van der Waals surface area contributed by atoms with Gasteiger partial charge >= 0.3 is 6.16 Å². The molecule has 0 spiro atoms. The standard InChI is InChI=1S/C37H72O3/c1-4-5-6-7-8-9-10-11-12-13-14-15-16-19-22-25-28-31-34-39-37(38)40-35-32-29-26-23-20-17-18-21-24-27-30-33-36(2)3/h13-14,36H,4-12,15-35H2,1-3H3. The molecule has 0 rings (SSSR count). The molecule has 0 atom stereocenters. The van der Waals surface area contributed by atoms with Crippen LogP contribution in [0.3, 0.4) is 0 Å². The van der Waals surface area contributed by atoms with E-state index in [4.69, 9.17) is 9.47 Å². The lowest BCUT2D eigenvalue weighted by atomic mass is 10.0. The monoisotopic (exact) mass is 565 g/mol. The highest BCUT2D eigenvalue weighted by atomic mass is 16.7. The van der Waals surface area contributed by atoms with E-state index in [1.54, 1.807) is 0 Å². The maximum Gasteiger partial charge on any atom is 0.508 e. The Kier molecular flexibility index (Phi) is 33.4. The van der Waals surface area contributed by atoms with E-state index in [1.165, 1.54) is 154 Å². The van der Waals surface area contributed by atoms with Crippen LogP contribution in [-0.2, 0) is 9.47 Å². The maximum absolute atomic E-state index is 11.7. The van der Waals surface area contributed by atoms with Crippen LogP contribution >= 0.6 is 0 Å². The summed E-state index contributed by atoms with van der Waals surface area (Å²) in [6.07, 6.45) is 41.1. The molecule has 0 saturated heterocycles. The molecule has 0 fully saturated rings. The smallest absolute Gasteiger partial charge is 0.434 e. The van der Waals surface area contributed by atoms with E-state index in [1.807, 2.05) is 0 Å². The lowest BCUT2D eigenvalue weighted by Crippen LogP contribution is -2.09. The van der Waals surface area contributed by atoms with E-state index in [-0.39, 0.29) is 0 Å². The van der Waals surface area contributed by atoms with Crippen molar-refractivity contribution in [2.45, 2.75) is 201 Å². The van der Waals surface area contributed by atoms with E-state index >= 15 is 0 Å². The van der Waals surface area contributed by atoms with Gasteiger partial charge in [-0.2, -0.15) is 0 Å². The van der Waals surface area contributed by atoms with Crippen molar-refractivity contribution in [3.8, 4) is 0 Å².